The van der Waals surface area contributed by atoms with Gasteiger partial charge in [0, 0.05) is 6.20 Å². The third-order valence-corrected chi connectivity index (χ3v) is 4.60. The molecule has 0 aliphatic heterocycles. The Morgan fingerprint density at radius 3 is 2.29 bits per heavy atom. The summed E-state index contributed by atoms with van der Waals surface area (Å²) in [6.07, 6.45) is 3.43. The maximum atomic E-state index is 11.9. The summed E-state index contributed by atoms with van der Waals surface area (Å²) in [5, 5.41) is 8.71. The van der Waals surface area contributed by atoms with Crippen LogP contribution in [0.2, 0.25) is 0 Å². The van der Waals surface area contributed by atoms with E-state index in [-0.39, 0.29) is 12.2 Å². The number of aryl methyl sites for hydroxylation is 1. The summed E-state index contributed by atoms with van der Waals surface area (Å²) in [4.78, 5) is 10.6. The molecule has 126 valence electrons. The average molecular weight is 345 g/mol. The lowest BCUT2D eigenvalue weighted by atomic mass is 10.1. The van der Waals surface area contributed by atoms with Crippen molar-refractivity contribution in [1.29, 1.82) is 0 Å². The van der Waals surface area contributed by atoms with Crippen LogP contribution in [0.5, 0.6) is 0 Å². The van der Waals surface area contributed by atoms with Gasteiger partial charge in [-0.05, 0) is 29.2 Å². The van der Waals surface area contributed by atoms with Crippen LogP contribution >= 0.6 is 0 Å². The molecule has 0 saturated heterocycles. The van der Waals surface area contributed by atoms with E-state index in [0.717, 1.165) is 11.1 Å². The SMILES string of the molecule is O=C(O)Cc1ccc(C=CNS(=O)(=O)CCc2ccccc2)cc1. The lowest BCUT2D eigenvalue weighted by molar-refractivity contribution is -0.136. The zero-order valence-electron chi connectivity index (χ0n) is 13.1. The van der Waals surface area contributed by atoms with Crippen LogP contribution in [-0.2, 0) is 27.7 Å². The van der Waals surface area contributed by atoms with Crippen LogP contribution in [0.3, 0.4) is 0 Å². The second kappa shape index (κ2) is 8.31. The van der Waals surface area contributed by atoms with Gasteiger partial charge in [-0.25, -0.2) is 8.42 Å². The molecule has 0 amide bonds. The van der Waals surface area contributed by atoms with E-state index >= 15 is 0 Å². The van der Waals surface area contributed by atoms with E-state index in [1.165, 1.54) is 6.20 Å². The Labute approximate surface area is 141 Å². The van der Waals surface area contributed by atoms with Gasteiger partial charge in [0.25, 0.3) is 0 Å². The first-order valence-electron chi connectivity index (χ1n) is 7.46. The monoisotopic (exact) mass is 345 g/mol. The van der Waals surface area contributed by atoms with Crippen molar-refractivity contribution in [1.82, 2.24) is 4.72 Å². The van der Waals surface area contributed by atoms with Crippen molar-refractivity contribution >= 4 is 22.1 Å². The van der Waals surface area contributed by atoms with E-state index in [2.05, 4.69) is 4.72 Å². The van der Waals surface area contributed by atoms with Crippen molar-refractivity contribution < 1.29 is 18.3 Å². The minimum Gasteiger partial charge on any atom is -0.481 e. The van der Waals surface area contributed by atoms with E-state index in [9.17, 15) is 13.2 Å². The zero-order chi connectivity index (χ0) is 17.4. The molecule has 0 saturated carbocycles. The Morgan fingerprint density at radius 1 is 1.00 bits per heavy atom. The maximum Gasteiger partial charge on any atom is 0.307 e. The van der Waals surface area contributed by atoms with Gasteiger partial charge in [0.15, 0.2) is 0 Å². The van der Waals surface area contributed by atoms with E-state index in [1.807, 2.05) is 30.3 Å². The third kappa shape index (κ3) is 6.26. The Balaban J connectivity index is 1.86. The average Bonchev–Trinajstić information content (AvgIpc) is 2.55. The highest BCUT2D eigenvalue weighted by Crippen LogP contribution is 2.07. The summed E-state index contributed by atoms with van der Waals surface area (Å²) in [6, 6.07) is 16.3. The van der Waals surface area contributed by atoms with Gasteiger partial charge in [-0.15, -0.1) is 0 Å². The fraction of sp³-hybridized carbons (Fsp3) is 0.167. The number of carbonyl (C=O) groups is 1. The summed E-state index contributed by atoms with van der Waals surface area (Å²) < 4.78 is 26.3. The highest BCUT2D eigenvalue weighted by molar-refractivity contribution is 7.89. The number of benzene rings is 2. The van der Waals surface area contributed by atoms with Crippen LogP contribution in [0.1, 0.15) is 16.7 Å². The molecule has 2 rings (SSSR count). The van der Waals surface area contributed by atoms with Gasteiger partial charge in [-0.1, -0.05) is 54.6 Å². The lowest BCUT2D eigenvalue weighted by Crippen LogP contribution is -2.22. The summed E-state index contributed by atoms with van der Waals surface area (Å²) >= 11 is 0. The number of hydrogen-bond donors (Lipinski definition) is 2. The van der Waals surface area contributed by atoms with Gasteiger partial charge in [-0.3, -0.25) is 9.52 Å². The number of hydrogen-bond acceptors (Lipinski definition) is 3. The fourth-order valence-corrected chi connectivity index (χ4v) is 3.01. The molecule has 5 nitrogen and oxygen atoms in total. The molecule has 0 radical (unpaired) electrons. The second-order valence-corrected chi connectivity index (χ2v) is 7.19. The first-order valence-corrected chi connectivity index (χ1v) is 9.11. The molecule has 0 aliphatic rings. The predicted octanol–water partition coefficient (Wildman–Crippen LogP) is 2.45. The molecule has 0 aromatic heterocycles. The molecule has 6 heteroatoms. The maximum absolute atomic E-state index is 11.9. The highest BCUT2D eigenvalue weighted by Gasteiger charge is 2.07. The van der Waals surface area contributed by atoms with E-state index < -0.39 is 16.0 Å². The van der Waals surface area contributed by atoms with Crippen molar-refractivity contribution in [3.05, 3.63) is 77.5 Å². The fourth-order valence-electron chi connectivity index (χ4n) is 2.11. The van der Waals surface area contributed by atoms with Crippen LogP contribution in [-0.4, -0.2) is 25.2 Å². The standard InChI is InChI=1S/C18H19NO4S/c20-18(21)14-17-8-6-16(7-9-17)10-12-19-24(22,23)13-11-15-4-2-1-3-5-15/h1-10,12,19H,11,13-14H2,(H,20,21). The van der Waals surface area contributed by atoms with Gasteiger partial charge in [0.1, 0.15) is 0 Å². The van der Waals surface area contributed by atoms with E-state index in [1.54, 1.807) is 30.3 Å². The Kier molecular flexibility index (Phi) is 6.14. The van der Waals surface area contributed by atoms with Crippen LogP contribution in [0.15, 0.2) is 60.8 Å². The van der Waals surface area contributed by atoms with Crippen molar-refractivity contribution in [2.75, 3.05) is 5.75 Å². The van der Waals surface area contributed by atoms with Crippen LogP contribution in [0.25, 0.3) is 6.08 Å². The molecule has 0 spiro atoms. The zero-order valence-corrected chi connectivity index (χ0v) is 13.9. The number of aliphatic carboxylic acids is 1. The molecule has 0 heterocycles. The third-order valence-electron chi connectivity index (χ3n) is 3.36. The largest absolute Gasteiger partial charge is 0.481 e. The molecule has 2 N–H and O–H groups in total. The van der Waals surface area contributed by atoms with Gasteiger partial charge in [0.05, 0.1) is 12.2 Å². The molecular formula is C18H19NO4S. The van der Waals surface area contributed by atoms with Gasteiger partial charge >= 0.3 is 5.97 Å². The molecule has 2 aromatic carbocycles. The van der Waals surface area contributed by atoms with Gasteiger partial charge in [-0.2, -0.15) is 0 Å². The Morgan fingerprint density at radius 2 is 1.67 bits per heavy atom. The predicted molar refractivity (Wildman–Crippen MR) is 93.9 cm³/mol. The first-order chi connectivity index (χ1) is 11.4. The quantitative estimate of drug-likeness (QED) is 0.770. The van der Waals surface area contributed by atoms with Crippen molar-refractivity contribution in [3.8, 4) is 0 Å². The Bertz CT molecular complexity index is 797. The summed E-state index contributed by atoms with van der Waals surface area (Å²) in [5.41, 5.74) is 2.46. The number of carboxylic acids is 1. The molecule has 0 unspecified atom stereocenters. The molecular weight excluding hydrogens is 326 g/mol. The number of rotatable bonds is 8. The second-order valence-electron chi connectivity index (χ2n) is 5.32. The van der Waals surface area contributed by atoms with Crippen molar-refractivity contribution in [2.24, 2.45) is 0 Å². The van der Waals surface area contributed by atoms with Crippen LogP contribution < -0.4 is 4.72 Å². The summed E-state index contributed by atoms with van der Waals surface area (Å²) in [7, 11) is -3.39. The Hall–Kier alpha value is -2.60. The van der Waals surface area contributed by atoms with Crippen LogP contribution in [0, 0.1) is 0 Å². The number of sulfonamides is 1. The highest BCUT2D eigenvalue weighted by atomic mass is 32.2. The molecule has 2 aromatic rings. The molecule has 0 aliphatic carbocycles. The number of nitrogens with one attached hydrogen (secondary N) is 1. The van der Waals surface area contributed by atoms with Crippen molar-refractivity contribution in [2.45, 2.75) is 12.8 Å². The molecule has 0 fully saturated rings. The van der Waals surface area contributed by atoms with E-state index in [0.29, 0.717) is 12.0 Å². The summed E-state index contributed by atoms with van der Waals surface area (Å²) in [6.45, 7) is 0. The summed E-state index contributed by atoms with van der Waals surface area (Å²) in [5.74, 6) is -0.872. The molecule has 0 atom stereocenters. The minimum absolute atomic E-state index is 0.0128. The van der Waals surface area contributed by atoms with Crippen LogP contribution in [0.4, 0.5) is 0 Å². The van der Waals surface area contributed by atoms with Gasteiger partial charge in [0.2, 0.25) is 10.0 Å². The number of carboxylic acid groups (broad SMARTS) is 1. The van der Waals surface area contributed by atoms with E-state index in [4.69, 9.17) is 5.11 Å². The topological polar surface area (TPSA) is 83.5 Å². The van der Waals surface area contributed by atoms with Gasteiger partial charge < -0.3 is 5.11 Å². The normalized spacial score (nSPS) is 11.5. The van der Waals surface area contributed by atoms with Crippen molar-refractivity contribution in [3.63, 3.8) is 0 Å². The molecule has 0 bridgehead atoms. The molecule has 24 heavy (non-hydrogen) atoms. The minimum atomic E-state index is -3.39. The smallest absolute Gasteiger partial charge is 0.307 e. The first kappa shape index (κ1) is 17.7. The lowest BCUT2D eigenvalue weighted by Gasteiger charge is -2.04.